The molecule has 2 amide bonds. The van der Waals surface area contributed by atoms with Crippen LogP contribution in [0.3, 0.4) is 0 Å². The Morgan fingerprint density at radius 2 is 1.74 bits per heavy atom. The van der Waals surface area contributed by atoms with Crippen LogP contribution in [0.15, 0.2) is 58.4 Å². The number of halogens is 2. The van der Waals surface area contributed by atoms with Crippen LogP contribution in [-0.4, -0.2) is 92.5 Å². The van der Waals surface area contributed by atoms with E-state index in [-0.39, 0.29) is 34.5 Å². The fourth-order valence-corrected chi connectivity index (χ4v) is 8.80. The molecule has 2 fully saturated rings. The number of carbonyl (C=O) groups is 1. The number of hydrogen-bond acceptors (Lipinski definition) is 10. The standard InChI is InChI=1S/C38H39Cl2N9O5/c1-46-33-29(35(50)47(2)37(46)52)32(41-20-42-33)43-25-10-6-8-23(31(25)40)22-7-5-9-24(30(22)39)26-17-21-11-12-27(28(21)34(44-26)54-4)48-14-13-38(18-48)19-49(15-16-53-3)36(51)45-38/h5-10,17,20,27H,11-16,18-19H2,1-4H3,(H,45,51)(H,41,42,43). The van der Waals surface area contributed by atoms with Crippen LogP contribution in [0.25, 0.3) is 33.4 Å². The Hall–Kier alpha value is -5.02. The molecule has 0 bridgehead atoms. The molecule has 0 radical (unpaired) electrons. The summed E-state index contributed by atoms with van der Waals surface area (Å²) < 4.78 is 13.5. The minimum atomic E-state index is -0.528. The van der Waals surface area contributed by atoms with E-state index < -0.39 is 11.2 Å². The summed E-state index contributed by atoms with van der Waals surface area (Å²) in [7, 11) is 6.25. The van der Waals surface area contributed by atoms with Gasteiger partial charge in [-0.2, -0.15) is 0 Å². The first-order valence-corrected chi connectivity index (χ1v) is 18.4. The predicted molar refractivity (Wildman–Crippen MR) is 207 cm³/mol. The van der Waals surface area contributed by atoms with Gasteiger partial charge in [-0.3, -0.25) is 18.8 Å². The summed E-state index contributed by atoms with van der Waals surface area (Å²) >= 11 is 14.3. The first-order valence-electron chi connectivity index (χ1n) is 17.7. The van der Waals surface area contributed by atoms with Crippen molar-refractivity contribution < 1.29 is 14.3 Å². The maximum atomic E-state index is 13.2. The summed E-state index contributed by atoms with van der Waals surface area (Å²) in [5.74, 6) is 0.776. The Morgan fingerprint density at radius 1 is 0.981 bits per heavy atom. The second-order valence-corrected chi connectivity index (χ2v) is 14.8. The lowest BCUT2D eigenvalue weighted by Gasteiger charge is -2.28. The topological polar surface area (TPSA) is 149 Å². The number of pyridine rings is 1. The summed E-state index contributed by atoms with van der Waals surface area (Å²) in [5.41, 5.74) is 4.38. The number of methoxy groups -OCH3 is 2. The van der Waals surface area contributed by atoms with Crippen LogP contribution in [-0.2, 0) is 25.3 Å². The number of urea groups is 1. The van der Waals surface area contributed by atoms with E-state index >= 15 is 0 Å². The van der Waals surface area contributed by atoms with Crippen LogP contribution in [0.4, 0.5) is 16.3 Å². The van der Waals surface area contributed by atoms with Gasteiger partial charge in [0.15, 0.2) is 5.65 Å². The third kappa shape index (κ3) is 5.97. The molecule has 14 nitrogen and oxygen atoms in total. The number of nitrogens with zero attached hydrogens (tertiary/aromatic N) is 7. The molecule has 16 heteroatoms. The number of rotatable bonds is 9. The number of likely N-dealkylation sites (tertiary alicyclic amines) is 1. The molecular formula is C38H39Cl2N9O5. The third-order valence-electron chi connectivity index (χ3n) is 10.9. The molecule has 2 unspecified atom stereocenters. The molecule has 5 heterocycles. The number of carbonyl (C=O) groups excluding carboxylic acids is 1. The summed E-state index contributed by atoms with van der Waals surface area (Å²) in [5, 5.41) is 7.44. The number of hydrogen-bond donors (Lipinski definition) is 2. The number of nitrogens with one attached hydrogen (secondary N) is 2. The highest BCUT2D eigenvalue weighted by molar-refractivity contribution is 6.39. The van der Waals surface area contributed by atoms with Gasteiger partial charge in [-0.05, 0) is 37.0 Å². The van der Waals surface area contributed by atoms with Crippen LogP contribution in [0.5, 0.6) is 5.88 Å². The van der Waals surface area contributed by atoms with Gasteiger partial charge in [0.25, 0.3) is 5.56 Å². The molecule has 2 atom stereocenters. The number of aromatic nitrogens is 5. The molecule has 2 N–H and O–H groups in total. The highest BCUT2D eigenvalue weighted by atomic mass is 35.5. The maximum absolute atomic E-state index is 13.2. The first kappa shape index (κ1) is 36.0. The monoisotopic (exact) mass is 771 g/mol. The van der Waals surface area contributed by atoms with Crippen LogP contribution in [0.1, 0.15) is 30.0 Å². The fourth-order valence-electron chi connectivity index (χ4n) is 8.20. The molecule has 3 aromatic heterocycles. The van der Waals surface area contributed by atoms with E-state index in [9.17, 15) is 14.4 Å². The zero-order valence-electron chi connectivity index (χ0n) is 30.3. The van der Waals surface area contributed by atoms with Gasteiger partial charge in [-0.25, -0.2) is 24.5 Å². The first-order chi connectivity index (χ1) is 26.0. The molecule has 2 aliphatic heterocycles. The zero-order valence-corrected chi connectivity index (χ0v) is 31.8. The van der Waals surface area contributed by atoms with E-state index in [1.165, 1.54) is 17.9 Å². The number of aryl methyl sites for hydroxylation is 2. The van der Waals surface area contributed by atoms with E-state index in [1.54, 1.807) is 27.3 Å². The smallest absolute Gasteiger partial charge is 0.332 e. The molecule has 54 heavy (non-hydrogen) atoms. The van der Waals surface area contributed by atoms with Gasteiger partial charge in [0, 0.05) is 75.7 Å². The van der Waals surface area contributed by atoms with Gasteiger partial charge in [0.2, 0.25) is 5.88 Å². The Bertz CT molecular complexity index is 2450. The van der Waals surface area contributed by atoms with Gasteiger partial charge in [-0.15, -0.1) is 0 Å². The molecule has 8 rings (SSSR count). The minimum Gasteiger partial charge on any atom is -0.481 e. The molecule has 280 valence electrons. The van der Waals surface area contributed by atoms with Crippen molar-refractivity contribution in [3.8, 4) is 28.3 Å². The fraction of sp³-hybridized carbons (Fsp3) is 0.368. The van der Waals surface area contributed by atoms with Gasteiger partial charge >= 0.3 is 11.7 Å². The van der Waals surface area contributed by atoms with Gasteiger partial charge < -0.3 is 25.0 Å². The van der Waals surface area contributed by atoms with Gasteiger partial charge in [0.1, 0.15) is 17.5 Å². The summed E-state index contributed by atoms with van der Waals surface area (Å²) in [6.45, 7) is 3.36. The largest absolute Gasteiger partial charge is 0.481 e. The number of fused-ring (bicyclic) bond motifs is 2. The Kier molecular flexibility index (Phi) is 9.33. The molecule has 3 aliphatic rings. The second kappa shape index (κ2) is 14.0. The second-order valence-electron chi connectivity index (χ2n) is 14.1. The molecule has 5 aromatic rings. The lowest BCUT2D eigenvalue weighted by atomic mass is 9.99. The molecule has 1 spiro atoms. The van der Waals surface area contributed by atoms with Crippen molar-refractivity contribution in [1.82, 2.24) is 39.2 Å². The van der Waals surface area contributed by atoms with Crippen LogP contribution >= 0.6 is 23.2 Å². The summed E-state index contributed by atoms with van der Waals surface area (Å²) in [6.07, 6.45) is 3.93. The Balaban J connectivity index is 1.09. The molecule has 2 aromatic carbocycles. The lowest BCUT2D eigenvalue weighted by molar-refractivity contribution is 0.158. The molecular weight excluding hydrogens is 733 g/mol. The van der Waals surface area contributed by atoms with Crippen LogP contribution in [0.2, 0.25) is 10.0 Å². The molecule has 0 saturated carbocycles. The average Bonchev–Trinajstić information content (AvgIpc) is 3.88. The highest BCUT2D eigenvalue weighted by Crippen LogP contribution is 2.47. The quantitative estimate of drug-likeness (QED) is 0.212. The molecule has 1 aliphatic carbocycles. The molecule has 2 saturated heterocycles. The van der Waals surface area contributed by atoms with E-state index in [2.05, 4.69) is 31.6 Å². The van der Waals surface area contributed by atoms with Crippen LogP contribution < -0.4 is 26.6 Å². The highest BCUT2D eigenvalue weighted by Gasteiger charge is 2.49. The average molecular weight is 773 g/mol. The van der Waals surface area contributed by atoms with Gasteiger partial charge in [-0.1, -0.05) is 53.5 Å². The Labute approximate surface area is 320 Å². The van der Waals surface area contributed by atoms with E-state index in [4.69, 9.17) is 37.7 Å². The van der Waals surface area contributed by atoms with Gasteiger partial charge in [0.05, 0.1) is 40.7 Å². The number of benzene rings is 2. The van der Waals surface area contributed by atoms with E-state index in [1.807, 2.05) is 35.2 Å². The number of anilines is 2. The number of amides is 2. The van der Waals surface area contributed by atoms with Crippen LogP contribution in [0, 0.1) is 0 Å². The normalized spacial score (nSPS) is 19.6. The Morgan fingerprint density at radius 3 is 2.52 bits per heavy atom. The van der Waals surface area contributed by atoms with Crippen molar-refractivity contribution in [2.45, 2.75) is 30.8 Å². The maximum Gasteiger partial charge on any atom is 0.332 e. The van der Waals surface area contributed by atoms with E-state index in [0.717, 1.165) is 53.6 Å². The van der Waals surface area contributed by atoms with Crippen molar-refractivity contribution in [2.24, 2.45) is 14.1 Å². The third-order valence-corrected chi connectivity index (χ3v) is 11.7. The van der Waals surface area contributed by atoms with Crippen molar-refractivity contribution in [3.05, 3.63) is 90.8 Å². The zero-order chi connectivity index (χ0) is 37.9. The van der Waals surface area contributed by atoms with Crippen molar-refractivity contribution in [3.63, 3.8) is 0 Å². The minimum absolute atomic E-state index is 0.0337. The summed E-state index contributed by atoms with van der Waals surface area (Å²) in [4.78, 5) is 56.2. The number of ether oxygens (including phenoxy) is 2. The SMILES string of the molecule is COCCN1CC2(CCN(C3CCc4cc(-c5cccc(-c6cccc(Nc7ncnc8c7c(=O)n(C)c(=O)n8C)c6Cl)c5Cl)nc(OC)c43)C2)NC1=O. The van der Waals surface area contributed by atoms with Crippen molar-refractivity contribution in [1.29, 1.82) is 0 Å². The summed E-state index contributed by atoms with van der Waals surface area (Å²) in [6, 6.07) is 13.4. The van der Waals surface area contributed by atoms with E-state index in [0.29, 0.717) is 58.1 Å². The van der Waals surface area contributed by atoms with Crippen molar-refractivity contribution >= 4 is 51.8 Å². The predicted octanol–water partition coefficient (Wildman–Crippen LogP) is 4.92. The lowest BCUT2D eigenvalue weighted by Crippen LogP contribution is -2.46. The van der Waals surface area contributed by atoms with Crippen molar-refractivity contribution in [2.75, 3.05) is 52.3 Å².